The van der Waals surface area contributed by atoms with Gasteiger partial charge in [0.25, 0.3) is 0 Å². The second-order valence-corrected chi connectivity index (χ2v) is 18.0. The summed E-state index contributed by atoms with van der Waals surface area (Å²) in [5.41, 5.74) is 10.6. The molecule has 0 radical (unpaired) electrons. The molecule has 1 aromatic heterocycles. The number of anilines is 3. The van der Waals surface area contributed by atoms with Crippen LogP contribution < -0.4 is 4.90 Å². The van der Waals surface area contributed by atoms with Crippen LogP contribution in [0, 0.1) is 0 Å². The van der Waals surface area contributed by atoms with Crippen LogP contribution in [0.3, 0.4) is 0 Å². The molecule has 0 saturated carbocycles. The van der Waals surface area contributed by atoms with Crippen LogP contribution in [0.2, 0.25) is 0 Å². The van der Waals surface area contributed by atoms with Crippen LogP contribution in [0.5, 0.6) is 0 Å². The van der Waals surface area contributed by atoms with Gasteiger partial charge in [-0.1, -0.05) is 176 Å². The molecule has 0 aliphatic rings. The Morgan fingerprint density at radius 3 is 1.33 bits per heavy atom. The van der Waals surface area contributed by atoms with Gasteiger partial charge in [0.15, 0.2) is 0 Å². The zero-order valence-electron chi connectivity index (χ0n) is 34.9. The van der Waals surface area contributed by atoms with E-state index in [1.54, 1.807) is 0 Å². The van der Waals surface area contributed by atoms with Gasteiger partial charge in [-0.3, -0.25) is 0 Å². The summed E-state index contributed by atoms with van der Waals surface area (Å²) in [6.45, 7) is 0. The second kappa shape index (κ2) is 14.8. The quantitative estimate of drug-likeness (QED) is 0.151. The summed E-state index contributed by atoms with van der Waals surface area (Å²) in [6, 6.07) is 87.3. The summed E-state index contributed by atoms with van der Waals surface area (Å²) in [5.74, 6) is 0. The molecular weight excluding hydrogens is 791 g/mol. The van der Waals surface area contributed by atoms with E-state index in [9.17, 15) is 0 Å². The van der Waals surface area contributed by atoms with Gasteiger partial charge in [-0.05, 0) is 148 Å². The van der Waals surface area contributed by atoms with E-state index < -0.39 is 0 Å². The summed E-state index contributed by atoms with van der Waals surface area (Å²) in [4.78, 5) is 2.42. The molecule has 298 valence electrons. The van der Waals surface area contributed by atoms with Gasteiger partial charge in [-0.15, -0.1) is 11.3 Å². The highest BCUT2D eigenvalue weighted by Crippen LogP contribution is 2.44. The van der Waals surface area contributed by atoms with E-state index in [1.807, 2.05) is 11.3 Å². The fraction of sp³-hybridized carbons (Fsp3) is 0. The van der Waals surface area contributed by atoms with E-state index >= 15 is 0 Å². The van der Waals surface area contributed by atoms with Crippen LogP contribution in [-0.4, -0.2) is 0 Å². The van der Waals surface area contributed by atoms with Gasteiger partial charge in [-0.2, -0.15) is 0 Å². The molecule has 0 amide bonds. The molecule has 0 bridgehead atoms. The van der Waals surface area contributed by atoms with Crippen molar-refractivity contribution in [2.75, 3.05) is 4.90 Å². The lowest BCUT2D eigenvalue weighted by Crippen LogP contribution is -2.10. The lowest BCUT2D eigenvalue weighted by molar-refractivity contribution is 1.29. The van der Waals surface area contributed by atoms with E-state index in [1.165, 1.54) is 107 Å². The molecule has 0 unspecified atom stereocenters. The Morgan fingerprint density at radius 1 is 0.234 bits per heavy atom. The number of fused-ring (bicyclic) bond motifs is 10. The standard InChI is InChI=1S/C62H39NS/c1-2-13-45-38-61-60(35-44(45)12-1)57-33-32-50(39-62(57)64-61)63(48-30-28-42(29-31-48)59-37-47-15-4-6-19-52(47)54-21-8-10-23-56(54)59)49-17-11-16-43(34-49)40-24-26-41(27-25-40)58-36-46-14-3-5-18-51(46)53-20-7-9-22-55(53)58/h1-39H. The third-order valence-corrected chi connectivity index (χ3v) is 14.3. The van der Waals surface area contributed by atoms with Crippen LogP contribution in [0.4, 0.5) is 17.1 Å². The average Bonchev–Trinajstić information content (AvgIpc) is 3.72. The fourth-order valence-electron chi connectivity index (χ4n) is 10.1. The summed E-state index contributed by atoms with van der Waals surface area (Å²) < 4.78 is 2.59. The summed E-state index contributed by atoms with van der Waals surface area (Å²) in [7, 11) is 0. The van der Waals surface area contributed by atoms with Crippen LogP contribution in [-0.2, 0) is 0 Å². The average molecular weight is 830 g/mol. The zero-order valence-corrected chi connectivity index (χ0v) is 35.7. The van der Waals surface area contributed by atoms with Gasteiger partial charge >= 0.3 is 0 Å². The first kappa shape index (κ1) is 36.6. The van der Waals surface area contributed by atoms with Gasteiger partial charge in [0, 0.05) is 37.2 Å². The predicted octanol–water partition coefficient (Wildman–Crippen LogP) is 18.3. The Balaban J connectivity index is 0.927. The van der Waals surface area contributed by atoms with E-state index in [2.05, 4.69) is 241 Å². The number of nitrogens with zero attached hydrogens (tertiary/aromatic N) is 1. The first-order valence-corrected chi connectivity index (χ1v) is 22.8. The van der Waals surface area contributed by atoms with Gasteiger partial charge < -0.3 is 4.90 Å². The molecule has 0 N–H and O–H groups in total. The number of rotatable bonds is 6. The van der Waals surface area contributed by atoms with E-state index in [0.717, 1.165) is 17.1 Å². The smallest absolute Gasteiger partial charge is 0.0476 e. The molecule has 0 saturated heterocycles. The van der Waals surface area contributed by atoms with Crippen LogP contribution in [0.25, 0.3) is 107 Å². The molecule has 64 heavy (non-hydrogen) atoms. The van der Waals surface area contributed by atoms with E-state index in [0.29, 0.717) is 0 Å². The maximum absolute atomic E-state index is 2.42. The minimum Gasteiger partial charge on any atom is -0.310 e. The van der Waals surface area contributed by atoms with E-state index in [-0.39, 0.29) is 0 Å². The maximum Gasteiger partial charge on any atom is 0.0476 e. The molecule has 12 aromatic carbocycles. The number of hydrogen-bond donors (Lipinski definition) is 0. The number of hydrogen-bond acceptors (Lipinski definition) is 2. The summed E-state index contributed by atoms with van der Waals surface area (Å²) in [6.07, 6.45) is 0. The SMILES string of the molecule is c1cc(-c2ccc(-c3cc4ccccc4c4ccccc34)cc2)cc(N(c2ccc(-c3cc4ccccc4c4ccccc34)cc2)c2ccc3c(c2)sc2cc4ccccc4cc23)c1. The first-order chi connectivity index (χ1) is 31.7. The normalized spacial score (nSPS) is 11.8. The second-order valence-electron chi connectivity index (χ2n) is 16.9. The highest BCUT2D eigenvalue weighted by atomic mass is 32.1. The third kappa shape index (κ3) is 6.07. The number of thiophene rings is 1. The van der Waals surface area contributed by atoms with Crippen molar-refractivity contribution < 1.29 is 0 Å². The first-order valence-electron chi connectivity index (χ1n) is 22.0. The molecule has 13 aromatic rings. The van der Waals surface area contributed by atoms with Crippen molar-refractivity contribution >= 4 is 102 Å². The molecule has 13 rings (SSSR count). The van der Waals surface area contributed by atoms with Crippen LogP contribution in [0.1, 0.15) is 0 Å². The molecule has 0 aliphatic carbocycles. The predicted molar refractivity (Wildman–Crippen MR) is 278 cm³/mol. The van der Waals surface area contributed by atoms with E-state index in [4.69, 9.17) is 0 Å². The van der Waals surface area contributed by atoms with Gasteiger partial charge in [0.1, 0.15) is 0 Å². The van der Waals surface area contributed by atoms with Crippen molar-refractivity contribution in [1.82, 2.24) is 0 Å². The van der Waals surface area contributed by atoms with Crippen LogP contribution in [0.15, 0.2) is 237 Å². The number of benzene rings is 12. The fourth-order valence-corrected chi connectivity index (χ4v) is 11.2. The van der Waals surface area contributed by atoms with Crippen molar-refractivity contribution in [2.24, 2.45) is 0 Å². The molecule has 0 spiro atoms. The molecule has 1 nitrogen and oxygen atoms in total. The van der Waals surface area contributed by atoms with Crippen molar-refractivity contribution in [2.45, 2.75) is 0 Å². The summed E-state index contributed by atoms with van der Waals surface area (Å²) in [5, 5.41) is 15.3. The van der Waals surface area contributed by atoms with Crippen molar-refractivity contribution in [3.63, 3.8) is 0 Å². The zero-order chi connectivity index (χ0) is 42.1. The molecule has 0 aliphatic heterocycles. The largest absolute Gasteiger partial charge is 0.310 e. The van der Waals surface area contributed by atoms with Crippen molar-refractivity contribution in [3.05, 3.63) is 237 Å². The topological polar surface area (TPSA) is 3.24 Å². The van der Waals surface area contributed by atoms with Gasteiger partial charge in [0.05, 0.1) is 0 Å². The van der Waals surface area contributed by atoms with Crippen molar-refractivity contribution in [3.8, 4) is 33.4 Å². The third-order valence-electron chi connectivity index (χ3n) is 13.2. The molecule has 1 heterocycles. The van der Waals surface area contributed by atoms with Gasteiger partial charge in [-0.25, -0.2) is 0 Å². The molecule has 0 fully saturated rings. The van der Waals surface area contributed by atoms with Gasteiger partial charge in [0.2, 0.25) is 0 Å². The Bertz CT molecular complexity index is 3950. The summed E-state index contributed by atoms with van der Waals surface area (Å²) >= 11 is 1.87. The lowest BCUT2D eigenvalue weighted by Gasteiger charge is -2.26. The van der Waals surface area contributed by atoms with Crippen LogP contribution >= 0.6 is 11.3 Å². The molecular formula is C62H39NS. The Kier molecular flexibility index (Phi) is 8.47. The van der Waals surface area contributed by atoms with Crippen molar-refractivity contribution in [1.29, 1.82) is 0 Å². The monoisotopic (exact) mass is 829 g/mol. The molecule has 0 atom stereocenters. The Morgan fingerprint density at radius 2 is 0.703 bits per heavy atom. The lowest BCUT2D eigenvalue weighted by atomic mass is 9.92. The minimum absolute atomic E-state index is 1.11. The minimum atomic E-state index is 1.11. The Labute approximate surface area is 375 Å². The maximum atomic E-state index is 2.42. The molecule has 2 heteroatoms. The highest BCUT2D eigenvalue weighted by Gasteiger charge is 2.18. The highest BCUT2D eigenvalue weighted by molar-refractivity contribution is 7.26. The Hall–Kier alpha value is -8.04.